The number of likely N-dealkylation sites (tertiary alicyclic amines) is 1. The number of carbonyl (C=O) groups is 1. The monoisotopic (exact) mass is 362 g/mol. The van der Waals surface area contributed by atoms with Gasteiger partial charge in [-0.2, -0.15) is 0 Å². The summed E-state index contributed by atoms with van der Waals surface area (Å²) < 4.78 is 32.5. The zero-order chi connectivity index (χ0) is 17.9. The lowest BCUT2D eigenvalue weighted by Gasteiger charge is -2.30. The molecule has 0 atom stereocenters. The number of hydrogen-bond donors (Lipinski definition) is 1. The summed E-state index contributed by atoms with van der Waals surface area (Å²) in [5, 5.41) is 1.91. The van der Waals surface area contributed by atoms with Gasteiger partial charge in [0.2, 0.25) is 10.0 Å². The van der Waals surface area contributed by atoms with Gasteiger partial charge in [0.05, 0.1) is 12.0 Å². The number of sulfonamides is 1. The fraction of sp³-hybridized carbons (Fsp3) is 0.389. The zero-order valence-corrected chi connectivity index (χ0v) is 15.0. The Labute approximate surface area is 147 Å². The maximum Gasteiger partial charge on any atom is 0.409 e. The van der Waals surface area contributed by atoms with Gasteiger partial charge < -0.3 is 9.64 Å². The predicted octanol–water partition coefficient (Wildman–Crippen LogP) is 2.60. The molecule has 0 unspecified atom stereocenters. The molecule has 0 spiro atoms. The predicted molar refractivity (Wildman–Crippen MR) is 95.8 cm³/mol. The van der Waals surface area contributed by atoms with Crippen molar-refractivity contribution in [3.05, 3.63) is 42.5 Å². The van der Waals surface area contributed by atoms with Crippen LogP contribution in [0.3, 0.4) is 0 Å². The first-order valence-electron chi connectivity index (χ1n) is 8.31. The summed E-state index contributed by atoms with van der Waals surface area (Å²) in [6, 6.07) is 12.8. The van der Waals surface area contributed by atoms with E-state index < -0.39 is 10.0 Å². The van der Waals surface area contributed by atoms with Crippen molar-refractivity contribution in [2.24, 2.45) is 5.92 Å². The smallest absolute Gasteiger partial charge is 0.409 e. The third kappa shape index (κ3) is 4.11. The summed E-state index contributed by atoms with van der Waals surface area (Å²) in [4.78, 5) is 13.4. The van der Waals surface area contributed by atoms with Gasteiger partial charge in [0.15, 0.2) is 0 Å². The first-order chi connectivity index (χ1) is 12.0. The molecular weight excluding hydrogens is 340 g/mol. The van der Waals surface area contributed by atoms with E-state index in [1.807, 2.05) is 30.3 Å². The van der Waals surface area contributed by atoms with Crippen LogP contribution in [0.2, 0.25) is 0 Å². The van der Waals surface area contributed by atoms with E-state index in [1.54, 1.807) is 17.0 Å². The van der Waals surface area contributed by atoms with Gasteiger partial charge >= 0.3 is 6.09 Å². The second-order valence-corrected chi connectivity index (χ2v) is 8.03. The zero-order valence-electron chi connectivity index (χ0n) is 14.1. The molecule has 6 nitrogen and oxygen atoms in total. The molecule has 0 aliphatic carbocycles. The van der Waals surface area contributed by atoms with Gasteiger partial charge in [0, 0.05) is 19.6 Å². The van der Waals surface area contributed by atoms with Crippen LogP contribution in [-0.4, -0.2) is 46.2 Å². The van der Waals surface area contributed by atoms with Crippen LogP contribution < -0.4 is 4.72 Å². The van der Waals surface area contributed by atoms with E-state index in [1.165, 1.54) is 7.11 Å². The third-order valence-corrected chi connectivity index (χ3v) is 6.06. The van der Waals surface area contributed by atoms with Crippen molar-refractivity contribution in [1.29, 1.82) is 0 Å². The van der Waals surface area contributed by atoms with Gasteiger partial charge in [-0.05, 0) is 41.7 Å². The van der Waals surface area contributed by atoms with Crippen molar-refractivity contribution >= 4 is 26.9 Å². The molecule has 2 aromatic rings. The maximum atomic E-state index is 12.5. The van der Waals surface area contributed by atoms with E-state index in [0.29, 0.717) is 19.6 Å². The van der Waals surface area contributed by atoms with E-state index in [4.69, 9.17) is 4.74 Å². The Morgan fingerprint density at radius 3 is 2.52 bits per heavy atom. The molecule has 1 aliphatic rings. The van der Waals surface area contributed by atoms with Gasteiger partial charge in [0.25, 0.3) is 0 Å². The Morgan fingerprint density at radius 2 is 1.84 bits per heavy atom. The van der Waals surface area contributed by atoms with E-state index in [9.17, 15) is 13.2 Å². The number of amides is 1. The van der Waals surface area contributed by atoms with Crippen LogP contribution in [0.15, 0.2) is 47.4 Å². The minimum Gasteiger partial charge on any atom is -0.453 e. The standard InChI is InChI=1S/C18H22N2O4S/c1-24-18(21)20-10-8-14(9-11-20)13-19-25(22,23)17-7-6-15-4-2-3-5-16(15)12-17/h2-7,12,14,19H,8-11,13H2,1H3. The quantitative estimate of drug-likeness (QED) is 0.907. The topological polar surface area (TPSA) is 75.7 Å². The Kier molecular flexibility index (Phi) is 5.24. The summed E-state index contributed by atoms with van der Waals surface area (Å²) in [5.41, 5.74) is 0. The van der Waals surface area contributed by atoms with Crippen molar-refractivity contribution in [1.82, 2.24) is 9.62 Å². The minimum atomic E-state index is -3.54. The summed E-state index contributed by atoms with van der Waals surface area (Å²) >= 11 is 0. The molecule has 2 aromatic carbocycles. The summed E-state index contributed by atoms with van der Waals surface area (Å²) in [6.45, 7) is 1.56. The van der Waals surface area contributed by atoms with E-state index in [2.05, 4.69) is 4.72 Å². The molecule has 3 rings (SSSR count). The molecule has 0 bridgehead atoms. The number of piperidine rings is 1. The number of carbonyl (C=O) groups excluding carboxylic acids is 1. The molecule has 0 saturated carbocycles. The van der Waals surface area contributed by atoms with Crippen LogP contribution in [-0.2, 0) is 14.8 Å². The fourth-order valence-corrected chi connectivity index (χ4v) is 4.25. The van der Waals surface area contributed by atoms with Crippen LogP contribution in [0, 0.1) is 5.92 Å². The van der Waals surface area contributed by atoms with Gasteiger partial charge in [-0.1, -0.05) is 30.3 Å². The molecule has 0 aromatic heterocycles. The fourth-order valence-electron chi connectivity index (χ4n) is 3.09. The normalized spacial score (nSPS) is 16.1. The number of rotatable bonds is 4. The van der Waals surface area contributed by atoms with Crippen molar-refractivity contribution in [3.8, 4) is 0 Å². The summed E-state index contributed by atoms with van der Waals surface area (Å²) in [5.74, 6) is 0.219. The molecule has 0 radical (unpaired) electrons. The molecule has 1 fully saturated rings. The van der Waals surface area contributed by atoms with E-state index in [-0.39, 0.29) is 16.9 Å². The highest BCUT2D eigenvalue weighted by atomic mass is 32.2. The van der Waals surface area contributed by atoms with Gasteiger partial charge in [0.1, 0.15) is 0 Å². The minimum absolute atomic E-state index is 0.219. The summed E-state index contributed by atoms with van der Waals surface area (Å²) in [7, 11) is -2.17. The van der Waals surface area contributed by atoms with Crippen LogP contribution >= 0.6 is 0 Å². The third-order valence-electron chi connectivity index (χ3n) is 4.64. The highest BCUT2D eigenvalue weighted by molar-refractivity contribution is 7.89. The van der Waals surface area contributed by atoms with Crippen molar-refractivity contribution in [2.75, 3.05) is 26.7 Å². The van der Waals surface area contributed by atoms with Gasteiger partial charge in [-0.25, -0.2) is 17.9 Å². The van der Waals surface area contributed by atoms with Crippen LogP contribution in [0.4, 0.5) is 4.79 Å². The van der Waals surface area contributed by atoms with Gasteiger partial charge in [-0.15, -0.1) is 0 Å². The van der Waals surface area contributed by atoms with E-state index >= 15 is 0 Å². The number of fused-ring (bicyclic) bond motifs is 1. The van der Waals surface area contributed by atoms with Crippen LogP contribution in [0.1, 0.15) is 12.8 Å². The molecule has 7 heteroatoms. The molecular formula is C18H22N2O4S. The van der Waals surface area contributed by atoms with Crippen molar-refractivity contribution in [2.45, 2.75) is 17.7 Å². The number of nitrogens with one attached hydrogen (secondary N) is 1. The highest BCUT2D eigenvalue weighted by Gasteiger charge is 2.24. The lowest BCUT2D eigenvalue weighted by molar-refractivity contribution is 0.106. The van der Waals surface area contributed by atoms with Crippen molar-refractivity contribution < 1.29 is 17.9 Å². The van der Waals surface area contributed by atoms with Crippen LogP contribution in [0.5, 0.6) is 0 Å². The maximum absolute atomic E-state index is 12.5. The lowest BCUT2D eigenvalue weighted by Crippen LogP contribution is -2.41. The molecule has 1 aliphatic heterocycles. The second kappa shape index (κ2) is 7.41. The molecule has 25 heavy (non-hydrogen) atoms. The number of nitrogens with zero attached hydrogens (tertiary/aromatic N) is 1. The second-order valence-electron chi connectivity index (χ2n) is 6.26. The lowest BCUT2D eigenvalue weighted by atomic mass is 9.97. The first-order valence-corrected chi connectivity index (χ1v) is 9.79. The summed E-state index contributed by atoms with van der Waals surface area (Å²) in [6.07, 6.45) is 1.19. The van der Waals surface area contributed by atoms with E-state index in [0.717, 1.165) is 23.6 Å². The Bertz CT molecular complexity index is 858. The number of benzene rings is 2. The first kappa shape index (κ1) is 17.7. The molecule has 134 valence electrons. The largest absolute Gasteiger partial charge is 0.453 e. The Hall–Kier alpha value is -2.12. The molecule has 1 heterocycles. The highest BCUT2D eigenvalue weighted by Crippen LogP contribution is 2.21. The molecule has 1 N–H and O–H groups in total. The average Bonchev–Trinajstić information content (AvgIpc) is 2.66. The SMILES string of the molecule is COC(=O)N1CCC(CNS(=O)(=O)c2ccc3ccccc3c2)CC1. The Morgan fingerprint density at radius 1 is 1.16 bits per heavy atom. The van der Waals surface area contributed by atoms with Gasteiger partial charge in [-0.3, -0.25) is 0 Å². The Balaban J connectivity index is 1.61. The molecule has 1 amide bonds. The average molecular weight is 362 g/mol. The number of ether oxygens (including phenoxy) is 1. The van der Waals surface area contributed by atoms with Crippen molar-refractivity contribution in [3.63, 3.8) is 0 Å². The number of methoxy groups -OCH3 is 1. The number of hydrogen-bond acceptors (Lipinski definition) is 4. The van der Waals surface area contributed by atoms with Crippen LogP contribution in [0.25, 0.3) is 10.8 Å². The molecule has 1 saturated heterocycles.